The summed E-state index contributed by atoms with van der Waals surface area (Å²) in [6.45, 7) is 6.50. The average molecular weight is 188 g/mol. The van der Waals surface area contributed by atoms with Crippen LogP contribution in [0.25, 0.3) is 0 Å². The van der Waals surface area contributed by atoms with Gasteiger partial charge in [0.05, 0.1) is 0 Å². The second kappa shape index (κ2) is 2.74. The molecular weight excluding hydrogens is 168 g/mol. The Kier molecular flexibility index (Phi) is 1.72. The third-order valence-corrected chi connectivity index (χ3v) is 4.88. The summed E-state index contributed by atoms with van der Waals surface area (Å²) in [7, 11) is 0. The second-order valence-corrected chi connectivity index (χ2v) is 5.65. The zero-order valence-corrected chi connectivity index (χ0v) is 9.18. The maximum Gasteiger partial charge on any atom is 0.00968 e. The molecule has 0 radical (unpaired) electrons. The van der Waals surface area contributed by atoms with Gasteiger partial charge >= 0.3 is 0 Å². The second-order valence-electron chi connectivity index (χ2n) is 5.65. The Labute approximate surface area is 87.1 Å². The van der Waals surface area contributed by atoms with Gasteiger partial charge in [-0.05, 0) is 50.4 Å². The lowest BCUT2D eigenvalue weighted by Crippen LogP contribution is -2.19. The molecule has 1 fully saturated rings. The van der Waals surface area contributed by atoms with Crippen LogP contribution in [0, 0.1) is 17.3 Å². The minimum atomic E-state index is 0.472. The lowest BCUT2D eigenvalue weighted by molar-refractivity contribution is 0.412. The Bertz CT molecular complexity index is 310. The smallest absolute Gasteiger partial charge is 0.00968 e. The summed E-state index contributed by atoms with van der Waals surface area (Å²) in [5, 5.41) is 0. The van der Waals surface area contributed by atoms with Gasteiger partial charge in [0.25, 0.3) is 0 Å². The van der Waals surface area contributed by atoms with Gasteiger partial charge in [-0.2, -0.15) is 0 Å². The van der Waals surface area contributed by atoms with Gasteiger partial charge in [-0.1, -0.05) is 24.1 Å². The van der Waals surface area contributed by atoms with Gasteiger partial charge in [-0.3, -0.25) is 0 Å². The highest BCUT2D eigenvalue weighted by atomic mass is 14.5. The first-order chi connectivity index (χ1) is 6.75. The molecule has 0 aromatic rings. The minimum absolute atomic E-state index is 0.472. The van der Waals surface area contributed by atoms with Crippen molar-refractivity contribution in [2.24, 2.45) is 17.3 Å². The third-order valence-electron chi connectivity index (χ3n) is 4.88. The molecule has 0 aromatic carbocycles. The Balaban J connectivity index is 2.03. The van der Waals surface area contributed by atoms with Crippen LogP contribution in [0.15, 0.2) is 23.8 Å². The topological polar surface area (TPSA) is 0 Å². The molecule has 0 saturated heterocycles. The number of rotatable bonds is 1. The number of allylic oxidation sites excluding steroid dienone is 3. The Morgan fingerprint density at radius 2 is 2.29 bits per heavy atom. The molecule has 0 heterocycles. The fourth-order valence-electron chi connectivity index (χ4n) is 4.09. The predicted molar refractivity (Wildman–Crippen MR) is 60.0 cm³/mol. The summed E-state index contributed by atoms with van der Waals surface area (Å²) in [5.74, 6) is 1.89. The molecule has 0 amide bonds. The van der Waals surface area contributed by atoms with E-state index in [1.807, 2.05) is 11.1 Å². The fraction of sp³-hybridized carbons (Fsp3) is 0.714. The molecular formula is C14H20. The standard InChI is InChI=1S/C14H20/c1-3-14-7-6-11(9-14)12-8-10(2)4-5-13(12)14/h3,10-11H,1,4-9H2,2H3. The predicted octanol–water partition coefficient (Wildman–Crippen LogP) is 4.09. The van der Waals surface area contributed by atoms with E-state index in [0.717, 1.165) is 11.8 Å². The molecule has 3 aliphatic rings. The molecule has 3 aliphatic carbocycles. The molecule has 0 spiro atoms. The number of hydrogen-bond donors (Lipinski definition) is 0. The molecule has 0 heteroatoms. The van der Waals surface area contributed by atoms with Crippen molar-refractivity contribution in [1.82, 2.24) is 0 Å². The van der Waals surface area contributed by atoms with E-state index in [1.54, 1.807) is 0 Å². The Morgan fingerprint density at radius 3 is 3.07 bits per heavy atom. The van der Waals surface area contributed by atoms with Crippen LogP contribution in [0.4, 0.5) is 0 Å². The van der Waals surface area contributed by atoms with Crippen LogP contribution < -0.4 is 0 Å². The molecule has 1 saturated carbocycles. The first-order valence-electron chi connectivity index (χ1n) is 6.11. The summed E-state index contributed by atoms with van der Waals surface area (Å²) in [6, 6.07) is 0. The lowest BCUT2D eigenvalue weighted by Gasteiger charge is -2.33. The largest absolute Gasteiger partial charge is 0.102 e. The van der Waals surface area contributed by atoms with Gasteiger partial charge in [-0.25, -0.2) is 0 Å². The number of hydrogen-bond acceptors (Lipinski definition) is 0. The molecule has 0 N–H and O–H groups in total. The third kappa shape index (κ3) is 0.947. The van der Waals surface area contributed by atoms with E-state index in [2.05, 4.69) is 19.6 Å². The van der Waals surface area contributed by atoms with Gasteiger partial charge < -0.3 is 0 Å². The molecule has 0 nitrogen and oxygen atoms in total. The van der Waals surface area contributed by atoms with Crippen LogP contribution in [0.5, 0.6) is 0 Å². The monoisotopic (exact) mass is 188 g/mol. The molecule has 3 unspecified atom stereocenters. The molecule has 2 bridgehead atoms. The van der Waals surface area contributed by atoms with E-state index < -0.39 is 0 Å². The van der Waals surface area contributed by atoms with E-state index in [9.17, 15) is 0 Å². The zero-order valence-electron chi connectivity index (χ0n) is 9.18. The summed E-state index contributed by atoms with van der Waals surface area (Å²) in [4.78, 5) is 0. The van der Waals surface area contributed by atoms with Gasteiger partial charge in [0.1, 0.15) is 0 Å². The van der Waals surface area contributed by atoms with Crippen molar-refractivity contribution in [2.45, 2.75) is 45.4 Å². The van der Waals surface area contributed by atoms with Gasteiger partial charge in [0.15, 0.2) is 0 Å². The fourth-order valence-corrected chi connectivity index (χ4v) is 4.09. The van der Waals surface area contributed by atoms with E-state index in [-0.39, 0.29) is 0 Å². The summed E-state index contributed by atoms with van der Waals surface area (Å²) >= 11 is 0. The minimum Gasteiger partial charge on any atom is -0.102 e. The highest BCUT2D eigenvalue weighted by Crippen LogP contribution is 2.62. The quantitative estimate of drug-likeness (QED) is 0.544. The molecule has 0 aromatic heterocycles. The zero-order chi connectivity index (χ0) is 9.76. The van der Waals surface area contributed by atoms with Crippen molar-refractivity contribution < 1.29 is 0 Å². The molecule has 14 heavy (non-hydrogen) atoms. The van der Waals surface area contributed by atoms with Gasteiger partial charge in [-0.15, -0.1) is 6.58 Å². The highest BCUT2D eigenvalue weighted by molar-refractivity contribution is 5.39. The van der Waals surface area contributed by atoms with Crippen molar-refractivity contribution in [3.05, 3.63) is 23.8 Å². The SMILES string of the molecule is C=CC12CCC(C1)C1=C2CCC(C)C1. The van der Waals surface area contributed by atoms with Crippen LogP contribution >= 0.6 is 0 Å². The maximum absolute atomic E-state index is 4.09. The molecule has 3 atom stereocenters. The average Bonchev–Trinajstić information content (AvgIpc) is 2.74. The van der Waals surface area contributed by atoms with Crippen molar-refractivity contribution in [3.63, 3.8) is 0 Å². The Hall–Kier alpha value is -0.520. The van der Waals surface area contributed by atoms with E-state index in [4.69, 9.17) is 0 Å². The molecule has 3 rings (SSSR count). The van der Waals surface area contributed by atoms with Gasteiger partial charge in [0.2, 0.25) is 0 Å². The Morgan fingerprint density at radius 1 is 1.43 bits per heavy atom. The normalized spacial score (nSPS) is 45.5. The van der Waals surface area contributed by atoms with Crippen molar-refractivity contribution in [1.29, 1.82) is 0 Å². The van der Waals surface area contributed by atoms with Crippen molar-refractivity contribution in [3.8, 4) is 0 Å². The van der Waals surface area contributed by atoms with Crippen LogP contribution in [0.1, 0.15) is 45.4 Å². The first kappa shape index (κ1) is 8.76. The van der Waals surface area contributed by atoms with Crippen molar-refractivity contribution in [2.75, 3.05) is 0 Å². The van der Waals surface area contributed by atoms with E-state index in [0.29, 0.717) is 5.41 Å². The number of fused-ring (bicyclic) bond motifs is 4. The van der Waals surface area contributed by atoms with Crippen LogP contribution in [0.3, 0.4) is 0 Å². The lowest BCUT2D eigenvalue weighted by atomic mass is 9.72. The summed E-state index contributed by atoms with van der Waals surface area (Å²) in [5.41, 5.74) is 4.15. The van der Waals surface area contributed by atoms with E-state index >= 15 is 0 Å². The van der Waals surface area contributed by atoms with Gasteiger partial charge in [0, 0.05) is 5.41 Å². The maximum atomic E-state index is 4.09. The summed E-state index contributed by atoms with van der Waals surface area (Å²) in [6.07, 6.45) is 10.7. The summed E-state index contributed by atoms with van der Waals surface area (Å²) < 4.78 is 0. The molecule has 76 valence electrons. The van der Waals surface area contributed by atoms with E-state index in [1.165, 1.54) is 38.5 Å². The van der Waals surface area contributed by atoms with Crippen LogP contribution in [-0.4, -0.2) is 0 Å². The highest BCUT2D eigenvalue weighted by Gasteiger charge is 2.49. The van der Waals surface area contributed by atoms with Crippen LogP contribution in [-0.2, 0) is 0 Å². The molecule has 0 aliphatic heterocycles. The first-order valence-corrected chi connectivity index (χ1v) is 6.11. The van der Waals surface area contributed by atoms with Crippen molar-refractivity contribution >= 4 is 0 Å². The van der Waals surface area contributed by atoms with Crippen LogP contribution in [0.2, 0.25) is 0 Å².